The van der Waals surface area contributed by atoms with Crippen LogP contribution in [0.15, 0.2) is 54.9 Å². The van der Waals surface area contributed by atoms with Crippen LogP contribution in [0.3, 0.4) is 0 Å². The lowest BCUT2D eigenvalue weighted by molar-refractivity contribution is 0.618. The first-order valence-corrected chi connectivity index (χ1v) is 7.29. The molecule has 0 fully saturated rings. The Kier molecular flexibility index (Phi) is 3.93. The van der Waals surface area contributed by atoms with E-state index in [-0.39, 0.29) is 6.04 Å². The zero-order valence-corrected chi connectivity index (χ0v) is 12.4. The van der Waals surface area contributed by atoms with Gasteiger partial charge in [0, 0.05) is 23.5 Å². The fourth-order valence-electron chi connectivity index (χ4n) is 2.60. The number of fused-ring (bicyclic) bond motifs is 1. The Labute approximate surface area is 125 Å². The van der Waals surface area contributed by atoms with Gasteiger partial charge < -0.3 is 5.32 Å². The van der Waals surface area contributed by atoms with Gasteiger partial charge in [0.25, 0.3) is 0 Å². The highest BCUT2D eigenvalue weighted by atomic mass is 14.9. The minimum absolute atomic E-state index is 0.0641. The maximum atomic E-state index is 4.63. The lowest BCUT2D eigenvalue weighted by Crippen LogP contribution is -2.23. The number of hydrogen-bond acceptors (Lipinski definition) is 3. The summed E-state index contributed by atoms with van der Waals surface area (Å²) in [5.41, 5.74) is 3.23. The molecular formula is C18H19N3. The third-order valence-electron chi connectivity index (χ3n) is 3.65. The van der Waals surface area contributed by atoms with Crippen LogP contribution in [0.1, 0.15) is 29.9 Å². The highest BCUT2D eigenvalue weighted by molar-refractivity contribution is 5.85. The molecule has 3 nitrogen and oxygen atoms in total. The number of benzene rings is 1. The van der Waals surface area contributed by atoms with Crippen LogP contribution in [-0.2, 0) is 0 Å². The van der Waals surface area contributed by atoms with E-state index in [0.717, 1.165) is 23.5 Å². The number of aromatic nitrogens is 2. The molecule has 0 aliphatic heterocycles. The van der Waals surface area contributed by atoms with Crippen LogP contribution in [0.2, 0.25) is 0 Å². The maximum absolute atomic E-state index is 4.63. The van der Waals surface area contributed by atoms with Crippen LogP contribution in [0.5, 0.6) is 0 Å². The SMILES string of the molecule is CCNC(c1ccc(C)nc1)c1nccc2ccccc12. The summed E-state index contributed by atoms with van der Waals surface area (Å²) in [5.74, 6) is 0. The van der Waals surface area contributed by atoms with Gasteiger partial charge in [-0.2, -0.15) is 0 Å². The predicted molar refractivity (Wildman–Crippen MR) is 86.2 cm³/mol. The van der Waals surface area contributed by atoms with Crippen molar-refractivity contribution in [3.05, 3.63) is 71.8 Å². The highest BCUT2D eigenvalue weighted by Gasteiger charge is 2.17. The van der Waals surface area contributed by atoms with Crippen LogP contribution in [0.25, 0.3) is 10.8 Å². The van der Waals surface area contributed by atoms with Gasteiger partial charge in [0.15, 0.2) is 0 Å². The molecule has 3 heteroatoms. The molecule has 106 valence electrons. The number of nitrogens with zero attached hydrogens (tertiary/aromatic N) is 2. The average Bonchev–Trinajstić information content (AvgIpc) is 2.53. The fourth-order valence-corrected chi connectivity index (χ4v) is 2.60. The van der Waals surface area contributed by atoms with Crippen molar-refractivity contribution >= 4 is 10.8 Å². The Morgan fingerprint density at radius 3 is 2.67 bits per heavy atom. The van der Waals surface area contributed by atoms with E-state index in [0.29, 0.717) is 0 Å². The van der Waals surface area contributed by atoms with E-state index >= 15 is 0 Å². The van der Waals surface area contributed by atoms with E-state index in [1.54, 1.807) is 0 Å². The number of nitrogens with one attached hydrogen (secondary N) is 1. The minimum Gasteiger partial charge on any atom is -0.305 e. The van der Waals surface area contributed by atoms with Gasteiger partial charge in [-0.25, -0.2) is 0 Å². The van der Waals surface area contributed by atoms with Crippen molar-refractivity contribution in [2.24, 2.45) is 0 Å². The fraction of sp³-hybridized carbons (Fsp3) is 0.222. The van der Waals surface area contributed by atoms with Gasteiger partial charge in [0.05, 0.1) is 11.7 Å². The molecule has 0 saturated heterocycles. The van der Waals surface area contributed by atoms with Crippen LogP contribution in [0, 0.1) is 6.92 Å². The second-order valence-electron chi connectivity index (χ2n) is 5.14. The first kappa shape index (κ1) is 13.7. The molecule has 0 bridgehead atoms. The van der Waals surface area contributed by atoms with Crippen molar-refractivity contribution in [3.63, 3.8) is 0 Å². The molecule has 0 aliphatic rings. The van der Waals surface area contributed by atoms with Gasteiger partial charge in [0.1, 0.15) is 0 Å². The summed E-state index contributed by atoms with van der Waals surface area (Å²) in [7, 11) is 0. The van der Waals surface area contributed by atoms with Gasteiger partial charge in [-0.1, -0.05) is 37.3 Å². The third-order valence-corrected chi connectivity index (χ3v) is 3.65. The van der Waals surface area contributed by atoms with Crippen LogP contribution >= 0.6 is 0 Å². The quantitative estimate of drug-likeness (QED) is 0.791. The van der Waals surface area contributed by atoms with E-state index in [2.05, 4.69) is 58.6 Å². The van der Waals surface area contributed by atoms with Crippen molar-refractivity contribution in [1.82, 2.24) is 15.3 Å². The van der Waals surface area contributed by atoms with Crippen molar-refractivity contribution < 1.29 is 0 Å². The van der Waals surface area contributed by atoms with Gasteiger partial charge in [0.2, 0.25) is 0 Å². The Morgan fingerprint density at radius 2 is 1.90 bits per heavy atom. The molecule has 1 aromatic carbocycles. The molecule has 2 heterocycles. The maximum Gasteiger partial charge on any atom is 0.0772 e. The average molecular weight is 277 g/mol. The molecule has 0 amide bonds. The number of hydrogen-bond donors (Lipinski definition) is 1. The summed E-state index contributed by atoms with van der Waals surface area (Å²) >= 11 is 0. The molecule has 1 unspecified atom stereocenters. The molecule has 0 radical (unpaired) electrons. The van der Waals surface area contributed by atoms with Gasteiger partial charge in [-0.3, -0.25) is 9.97 Å². The molecule has 1 N–H and O–H groups in total. The molecule has 0 spiro atoms. The molecule has 2 aromatic heterocycles. The lowest BCUT2D eigenvalue weighted by atomic mass is 9.99. The van der Waals surface area contributed by atoms with Crippen molar-refractivity contribution in [2.45, 2.75) is 19.9 Å². The summed E-state index contributed by atoms with van der Waals surface area (Å²) in [5, 5.41) is 5.92. The summed E-state index contributed by atoms with van der Waals surface area (Å²) in [4.78, 5) is 9.05. The molecule has 0 aliphatic carbocycles. The molecule has 3 aromatic rings. The molecule has 3 rings (SSSR count). The number of rotatable bonds is 4. The van der Waals surface area contributed by atoms with Gasteiger partial charge in [-0.05, 0) is 36.6 Å². The van der Waals surface area contributed by atoms with Crippen LogP contribution in [-0.4, -0.2) is 16.5 Å². The molecular weight excluding hydrogens is 258 g/mol. The van der Waals surface area contributed by atoms with Crippen LogP contribution < -0.4 is 5.32 Å². The minimum atomic E-state index is 0.0641. The predicted octanol–water partition coefficient (Wildman–Crippen LogP) is 3.64. The van der Waals surface area contributed by atoms with Gasteiger partial charge >= 0.3 is 0 Å². The summed E-state index contributed by atoms with van der Waals surface area (Å²) in [6.07, 6.45) is 3.82. The highest BCUT2D eigenvalue weighted by Crippen LogP contribution is 2.26. The first-order chi connectivity index (χ1) is 10.3. The number of aryl methyl sites for hydroxylation is 1. The van der Waals surface area contributed by atoms with Crippen molar-refractivity contribution in [2.75, 3.05) is 6.54 Å². The topological polar surface area (TPSA) is 37.8 Å². The van der Waals surface area contributed by atoms with E-state index in [1.807, 2.05) is 25.4 Å². The third kappa shape index (κ3) is 2.78. The summed E-state index contributed by atoms with van der Waals surface area (Å²) in [6.45, 7) is 4.99. The Bertz CT molecular complexity index is 730. The normalized spacial score (nSPS) is 12.5. The Morgan fingerprint density at radius 1 is 1.05 bits per heavy atom. The Hall–Kier alpha value is -2.26. The number of pyridine rings is 2. The second kappa shape index (κ2) is 6.02. The van der Waals surface area contributed by atoms with E-state index in [4.69, 9.17) is 0 Å². The zero-order chi connectivity index (χ0) is 14.7. The lowest BCUT2D eigenvalue weighted by Gasteiger charge is -2.19. The zero-order valence-electron chi connectivity index (χ0n) is 12.4. The molecule has 21 heavy (non-hydrogen) atoms. The smallest absolute Gasteiger partial charge is 0.0772 e. The standard InChI is InChI=1S/C18H19N3/c1-3-19-17(15-9-8-13(2)21-12-15)18-16-7-5-4-6-14(16)10-11-20-18/h4-12,17,19H,3H2,1-2H3. The van der Waals surface area contributed by atoms with E-state index in [1.165, 1.54) is 10.8 Å². The second-order valence-corrected chi connectivity index (χ2v) is 5.14. The molecule has 0 saturated carbocycles. The van der Waals surface area contributed by atoms with E-state index in [9.17, 15) is 0 Å². The summed E-state index contributed by atoms with van der Waals surface area (Å²) in [6, 6.07) is 14.7. The van der Waals surface area contributed by atoms with Gasteiger partial charge in [-0.15, -0.1) is 0 Å². The largest absolute Gasteiger partial charge is 0.305 e. The molecule has 1 atom stereocenters. The summed E-state index contributed by atoms with van der Waals surface area (Å²) < 4.78 is 0. The van der Waals surface area contributed by atoms with E-state index < -0.39 is 0 Å². The van der Waals surface area contributed by atoms with Crippen molar-refractivity contribution in [1.29, 1.82) is 0 Å². The Balaban J connectivity index is 2.13. The monoisotopic (exact) mass is 277 g/mol. The van der Waals surface area contributed by atoms with Crippen LogP contribution in [0.4, 0.5) is 0 Å². The van der Waals surface area contributed by atoms with Crippen molar-refractivity contribution in [3.8, 4) is 0 Å². The first-order valence-electron chi connectivity index (χ1n) is 7.29.